The average Bonchev–Trinajstić information content (AvgIpc) is 2.22. The van der Waals surface area contributed by atoms with E-state index in [1.165, 1.54) is 35.7 Å². The molecule has 1 heterocycles. The van der Waals surface area contributed by atoms with E-state index in [2.05, 4.69) is 56.1 Å². The number of nitrogens with zero attached hydrogens (tertiary/aromatic N) is 1. The van der Waals surface area contributed by atoms with Crippen LogP contribution in [-0.4, -0.2) is 0 Å². The summed E-state index contributed by atoms with van der Waals surface area (Å²) < 4.78 is 0. The molecule has 2 rings (SSSR count). The minimum Gasteiger partial charge on any atom is -0.497 e. The van der Waals surface area contributed by atoms with Crippen LogP contribution in [0.15, 0.2) is 36.0 Å². The molecule has 0 aromatic heterocycles. The van der Waals surface area contributed by atoms with Crippen LogP contribution in [0.25, 0.3) is 0 Å². The maximum Gasteiger partial charge on any atom is 0.0143 e. The van der Waals surface area contributed by atoms with Gasteiger partial charge in [0.2, 0.25) is 0 Å². The first-order chi connectivity index (χ1) is 7.18. The Morgan fingerprint density at radius 1 is 1.31 bits per heavy atom. The summed E-state index contributed by atoms with van der Waals surface area (Å²) >= 11 is 0. The molecule has 87 valence electrons. The summed E-state index contributed by atoms with van der Waals surface area (Å²) in [7, 11) is 0. The molecule has 0 amide bonds. The molecule has 1 aliphatic rings. The number of hydrogen-bond acceptors (Lipinski definition) is 1. The molecule has 0 saturated carbocycles. The van der Waals surface area contributed by atoms with Crippen molar-refractivity contribution in [3.63, 3.8) is 0 Å². The van der Waals surface area contributed by atoms with E-state index in [1.807, 2.05) is 0 Å². The summed E-state index contributed by atoms with van der Waals surface area (Å²) in [5, 5.41) is 0. The quantitative estimate of drug-likeness (QED) is 0.662. The first-order valence-electron chi connectivity index (χ1n) is 5.53. The van der Waals surface area contributed by atoms with E-state index in [4.69, 9.17) is 0 Å². The van der Waals surface area contributed by atoms with E-state index in [0.29, 0.717) is 0 Å². The molecule has 1 aromatic rings. The normalized spacial score (nSPS) is 15.1. The Hall–Kier alpha value is -0.578. The van der Waals surface area contributed by atoms with Crippen molar-refractivity contribution in [2.75, 3.05) is 4.90 Å². The minimum absolute atomic E-state index is 0. The second-order valence-electron chi connectivity index (χ2n) is 4.44. The summed E-state index contributed by atoms with van der Waals surface area (Å²) in [4.78, 5) is 2.33. The van der Waals surface area contributed by atoms with Crippen LogP contribution in [-0.2, 0) is 26.8 Å². The zero-order valence-electron chi connectivity index (χ0n) is 10.1. The van der Waals surface area contributed by atoms with Crippen molar-refractivity contribution >= 4 is 5.69 Å². The van der Waals surface area contributed by atoms with Gasteiger partial charge in [-0.15, -0.1) is 0 Å². The van der Waals surface area contributed by atoms with Gasteiger partial charge in [0.15, 0.2) is 0 Å². The van der Waals surface area contributed by atoms with E-state index in [1.54, 1.807) is 0 Å². The molecule has 0 bridgehead atoms. The second kappa shape index (κ2) is 5.66. The summed E-state index contributed by atoms with van der Waals surface area (Å²) in [5.74, 6) is 0. The van der Waals surface area contributed by atoms with Gasteiger partial charge < -0.3 is 4.90 Å². The summed E-state index contributed by atoms with van der Waals surface area (Å²) in [5.41, 5.74) is 4.15. The van der Waals surface area contributed by atoms with Crippen LogP contribution in [0.4, 0.5) is 5.69 Å². The Morgan fingerprint density at radius 2 is 2.00 bits per heavy atom. The zero-order valence-corrected chi connectivity index (χ0v) is 12.8. The van der Waals surface area contributed by atoms with Crippen molar-refractivity contribution < 1.29 is 20.4 Å². The van der Waals surface area contributed by atoms with Crippen molar-refractivity contribution in [1.82, 2.24) is 0 Å². The van der Waals surface area contributed by atoms with E-state index in [9.17, 15) is 0 Å². The second-order valence-corrected chi connectivity index (χ2v) is 4.44. The fourth-order valence-electron chi connectivity index (χ4n) is 2.04. The number of para-hydroxylation sites is 1. The van der Waals surface area contributed by atoms with Crippen molar-refractivity contribution in [2.24, 2.45) is 0 Å². The Kier molecular flexibility index (Phi) is 4.77. The van der Waals surface area contributed by atoms with E-state index >= 15 is 0 Å². The molecule has 1 aromatic carbocycles. The predicted octanol–water partition coefficient (Wildman–Crippen LogP) is 3.91. The molecule has 0 unspecified atom stereocenters. The van der Waals surface area contributed by atoms with Gasteiger partial charge in [-0.2, -0.15) is 13.3 Å². The monoisotopic (exact) mass is 387 g/mol. The first kappa shape index (κ1) is 13.5. The number of hydrogen-bond donors (Lipinski definition) is 0. The molecule has 0 atom stereocenters. The van der Waals surface area contributed by atoms with Crippen LogP contribution in [0.3, 0.4) is 0 Å². The molecule has 0 fully saturated rings. The third-order valence-corrected chi connectivity index (χ3v) is 2.81. The zero-order chi connectivity index (χ0) is 10.8. The maximum absolute atomic E-state index is 2.33. The Labute approximate surface area is 112 Å². The van der Waals surface area contributed by atoms with Gasteiger partial charge in [-0.1, -0.05) is 30.2 Å². The molecule has 0 N–H and O–H groups in total. The number of anilines is 1. The Morgan fingerprint density at radius 3 is 2.69 bits per heavy atom. The molecule has 16 heavy (non-hydrogen) atoms. The molecule has 1 aliphatic heterocycles. The van der Waals surface area contributed by atoms with Crippen molar-refractivity contribution in [3.05, 3.63) is 47.6 Å². The SMILES string of the molecule is CC(C)=CN1c2ccccc2CC[C-]1C.[Re]. The molecule has 1 radical (unpaired) electrons. The smallest absolute Gasteiger partial charge is 0.0143 e. The van der Waals surface area contributed by atoms with Gasteiger partial charge in [-0.3, -0.25) is 0 Å². The summed E-state index contributed by atoms with van der Waals surface area (Å²) in [6, 6.07) is 10.1. The maximum atomic E-state index is 2.33. The third-order valence-electron chi connectivity index (χ3n) is 2.81. The number of fused-ring (bicyclic) bond motifs is 1. The van der Waals surface area contributed by atoms with Crippen LogP contribution >= 0.6 is 0 Å². The molecule has 0 aliphatic carbocycles. The predicted molar refractivity (Wildman–Crippen MR) is 65.6 cm³/mol. The summed E-state index contributed by atoms with van der Waals surface area (Å²) in [6.07, 6.45) is 4.57. The fourth-order valence-corrected chi connectivity index (χ4v) is 2.04. The number of allylic oxidation sites excluding steroid dienone is 1. The van der Waals surface area contributed by atoms with Crippen LogP contribution in [0.5, 0.6) is 0 Å². The molecule has 2 heteroatoms. The van der Waals surface area contributed by atoms with Gasteiger partial charge in [0.05, 0.1) is 0 Å². The Bertz CT molecular complexity index is 380. The van der Waals surface area contributed by atoms with Gasteiger partial charge in [-0.05, 0) is 31.7 Å². The molecule has 0 saturated heterocycles. The fraction of sp³-hybridized carbons (Fsp3) is 0.357. The van der Waals surface area contributed by atoms with Crippen molar-refractivity contribution in [1.29, 1.82) is 0 Å². The van der Waals surface area contributed by atoms with Crippen LogP contribution in [0.1, 0.15) is 32.8 Å². The largest absolute Gasteiger partial charge is 0.497 e. The molecule has 0 spiro atoms. The number of rotatable bonds is 1. The average molecular weight is 387 g/mol. The van der Waals surface area contributed by atoms with Gasteiger partial charge in [-0.25, -0.2) is 6.04 Å². The van der Waals surface area contributed by atoms with Gasteiger partial charge in [0, 0.05) is 26.1 Å². The van der Waals surface area contributed by atoms with Gasteiger partial charge in [0.1, 0.15) is 0 Å². The third kappa shape index (κ3) is 2.75. The van der Waals surface area contributed by atoms with Gasteiger partial charge in [0.25, 0.3) is 0 Å². The first-order valence-corrected chi connectivity index (χ1v) is 5.53. The van der Waals surface area contributed by atoms with Crippen LogP contribution in [0.2, 0.25) is 0 Å². The molecular weight excluding hydrogens is 368 g/mol. The molecule has 1 nitrogen and oxygen atoms in total. The van der Waals surface area contributed by atoms with E-state index in [0.717, 1.165) is 0 Å². The number of aryl methyl sites for hydroxylation is 1. The Balaban J connectivity index is 0.00000128. The van der Waals surface area contributed by atoms with Crippen LogP contribution < -0.4 is 4.90 Å². The van der Waals surface area contributed by atoms with E-state index < -0.39 is 0 Å². The topological polar surface area (TPSA) is 3.24 Å². The summed E-state index contributed by atoms with van der Waals surface area (Å²) in [6.45, 7) is 6.50. The molecular formula is C14H18NRe-. The van der Waals surface area contributed by atoms with Crippen molar-refractivity contribution in [2.45, 2.75) is 33.6 Å². The van der Waals surface area contributed by atoms with Crippen LogP contribution in [0, 0.1) is 6.04 Å². The minimum atomic E-state index is 0. The van der Waals surface area contributed by atoms with Gasteiger partial charge >= 0.3 is 0 Å². The van der Waals surface area contributed by atoms with E-state index in [-0.39, 0.29) is 20.4 Å². The van der Waals surface area contributed by atoms with Crippen molar-refractivity contribution in [3.8, 4) is 0 Å². The standard InChI is InChI=1S/C14H18N.Re/c1-11(2)10-15-12(3)8-9-13-6-4-5-7-14(13)15;/h4-7,10H,8-9H2,1-3H3;/q-1;. The number of benzene rings is 1.